The number of aryl methyl sites for hydroxylation is 1. The van der Waals surface area contributed by atoms with Gasteiger partial charge < -0.3 is 15.2 Å². The van der Waals surface area contributed by atoms with Crippen molar-refractivity contribution in [3.63, 3.8) is 0 Å². The first-order valence-electron chi connectivity index (χ1n) is 5.96. The molecule has 17 heavy (non-hydrogen) atoms. The van der Waals surface area contributed by atoms with E-state index >= 15 is 0 Å². The van der Waals surface area contributed by atoms with Crippen molar-refractivity contribution in [3.8, 4) is 5.75 Å². The Morgan fingerprint density at radius 1 is 1.47 bits per heavy atom. The maximum atomic E-state index is 8.84. The molecular formula is C13H18BrNO2. The Bertz CT molecular complexity index is 391. The summed E-state index contributed by atoms with van der Waals surface area (Å²) in [5.74, 6) is 0.899. The molecule has 1 fully saturated rings. The molecule has 0 aliphatic heterocycles. The van der Waals surface area contributed by atoms with Gasteiger partial charge in [0.1, 0.15) is 12.4 Å². The van der Waals surface area contributed by atoms with Crippen molar-refractivity contribution in [1.82, 2.24) is 5.32 Å². The van der Waals surface area contributed by atoms with Gasteiger partial charge in [0, 0.05) is 22.6 Å². The SMILES string of the molecule is Cc1cc(Br)cc(CNC2CC2)c1OCCO. The van der Waals surface area contributed by atoms with Gasteiger partial charge in [-0.3, -0.25) is 0 Å². The Labute approximate surface area is 110 Å². The van der Waals surface area contributed by atoms with Gasteiger partial charge in [-0.15, -0.1) is 0 Å². The quantitative estimate of drug-likeness (QED) is 0.847. The van der Waals surface area contributed by atoms with Gasteiger partial charge in [0.2, 0.25) is 0 Å². The van der Waals surface area contributed by atoms with Crippen LogP contribution in [0.1, 0.15) is 24.0 Å². The summed E-state index contributed by atoms with van der Waals surface area (Å²) < 4.78 is 6.68. The largest absolute Gasteiger partial charge is 0.491 e. The van der Waals surface area contributed by atoms with Crippen LogP contribution in [0.5, 0.6) is 5.75 Å². The van der Waals surface area contributed by atoms with Crippen LogP contribution in [-0.4, -0.2) is 24.4 Å². The van der Waals surface area contributed by atoms with Gasteiger partial charge in [0.15, 0.2) is 0 Å². The molecule has 1 aromatic carbocycles. The van der Waals surface area contributed by atoms with E-state index in [4.69, 9.17) is 9.84 Å². The fourth-order valence-corrected chi connectivity index (χ4v) is 2.45. The zero-order valence-electron chi connectivity index (χ0n) is 10.0. The van der Waals surface area contributed by atoms with Crippen LogP contribution in [0.15, 0.2) is 16.6 Å². The van der Waals surface area contributed by atoms with E-state index in [1.165, 1.54) is 12.8 Å². The second kappa shape index (κ2) is 5.85. The van der Waals surface area contributed by atoms with Crippen molar-refractivity contribution in [1.29, 1.82) is 0 Å². The number of benzene rings is 1. The van der Waals surface area contributed by atoms with Crippen molar-refractivity contribution >= 4 is 15.9 Å². The number of halogens is 1. The van der Waals surface area contributed by atoms with E-state index in [1.807, 2.05) is 13.0 Å². The predicted molar refractivity (Wildman–Crippen MR) is 71.3 cm³/mol. The number of rotatable bonds is 6. The zero-order chi connectivity index (χ0) is 12.3. The third-order valence-corrected chi connectivity index (χ3v) is 3.27. The van der Waals surface area contributed by atoms with Gasteiger partial charge in [0.05, 0.1) is 6.61 Å². The highest BCUT2D eigenvalue weighted by Gasteiger charge is 2.21. The minimum Gasteiger partial charge on any atom is -0.491 e. The molecule has 0 heterocycles. The Morgan fingerprint density at radius 2 is 2.24 bits per heavy atom. The highest BCUT2D eigenvalue weighted by atomic mass is 79.9. The number of aliphatic hydroxyl groups excluding tert-OH is 1. The molecule has 1 saturated carbocycles. The van der Waals surface area contributed by atoms with Crippen LogP contribution in [-0.2, 0) is 6.54 Å². The topological polar surface area (TPSA) is 41.5 Å². The first-order valence-corrected chi connectivity index (χ1v) is 6.76. The van der Waals surface area contributed by atoms with E-state index in [2.05, 4.69) is 27.3 Å². The number of hydrogen-bond acceptors (Lipinski definition) is 3. The first-order chi connectivity index (χ1) is 8.20. The molecule has 94 valence electrons. The van der Waals surface area contributed by atoms with Crippen molar-refractivity contribution < 1.29 is 9.84 Å². The molecule has 2 N–H and O–H groups in total. The summed E-state index contributed by atoms with van der Waals surface area (Å²) in [6.45, 7) is 3.24. The summed E-state index contributed by atoms with van der Waals surface area (Å²) in [7, 11) is 0. The Balaban J connectivity index is 2.12. The third kappa shape index (κ3) is 3.69. The molecule has 0 atom stereocenters. The molecule has 1 aliphatic rings. The standard InChI is InChI=1S/C13H18BrNO2/c1-9-6-11(14)7-10(8-15-12-2-3-12)13(9)17-5-4-16/h6-7,12,15-16H,2-5,8H2,1H3. The molecule has 3 nitrogen and oxygen atoms in total. The number of aliphatic hydroxyl groups is 1. The fourth-order valence-electron chi connectivity index (χ4n) is 1.83. The first kappa shape index (κ1) is 12.9. The van der Waals surface area contributed by atoms with E-state index in [0.29, 0.717) is 12.6 Å². The predicted octanol–water partition coefficient (Wildman–Crippen LogP) is 2.38. The lowest BCUT2D eigenvalue weighted by molar-refractivity contribution is 0.199. The monoisotopic (exact) mass is 299 g/mol. The molecule has 0 aromatic heterocycles. The van der Waals surface area contributed by atoms with Crippen LogP contribution in [0.2, 0.25) is 0 Å². The van der Waals surface area contributed by atoms with E-state index in [1.54, 1.807) is 0 Å². The van der Waals surface area contributed by atoms with Gasteiger partial charge in [-0.2, -0.15) is 0 Å². The number of nitrogens with one attached hydrogen (secondary N) is 1. The van der Waals surface area contributed by atoms with E-state index < -0.39 is 0 Å². The average Bonchev–Trinajstić information content (AvgIpc) is 3.08. The summed E-state index contributed by atoms with van der Waals surface area (Å²) in [4.78, 5) is 0. The molecule has 0 radical (unpaired) electrons. The maximum Gasteiger partial charge on any atom is 0.126 e. The van der Waals surface area contributed by atoms with Crippen molar-refractivity contribution in [2.24, 2.45) is 0 Å². The highest BCUT2D eigenvalue weighted by Crippen LogP contribution is 2.29. The van der Waals surface area contributed by atoms with Gasteiger partial charge in [-0.05, 0) is 37.5 Å². The zero-order valence-corrected chi connectivity index (χ0v) is 11.6. The maximum absolute atomic E-state index is 8.84. The molecule has 2 rings (SSSR count). The molecule has 0 unspecified atom stereocenters. The van der Waals surface area contributed by atoms with Gasteiger partial charge >= 0.3 is 0 Å². The molecule has 0 saturated heterocycles. The minimum atomic E-state index is 0.0466. The smallest absolute Gasteiger partial charge is 0.126 e. The normalized spacial score (nSPS) is 15.0. The molecule has 0 spiro atoms. The van der Waals surface area contributed by atoms with Crippen LogP contribution >= 0.6 is 15.9 Å². The highest BCUT2D eigenvalue weighted by molar-refractivity contribution is 9.10. The molecular weight excluding hydrogens is 282 g/mol. The lowest BCUT2D eigenvalue weighted by Crippen LogP contribution is -2.17. The minimum absolute atomic E-state index is 0.0466. The second-order valence-corrected chi connectivity index (χ2v) is 5.35. The van der Waals surface area contributed by atoms with Crippen LogP contribution in [0.4, 0.5) is 0 Å². The fraction of sp³-hybridized carbons (Fsp3) is 0.538. The van der Waals surface area contributed by atoms with E-state index in [-0.39, 0.29) is 6.61 Å². The van der Waals surface area contributed by atoms with Gasteiger partial charge in [-0.1, -0.05) is 15.9 Å². The third-order valence-electron chi connectivity index (χ3n) is 2.81. The summed E-state index contributed by atoms with van der Waals surface area (Å²) in [5.41, 5.74) is 2.25. The lowest BCUT2D eigenvalue weighted by atomic mass is 10.1. The van der Waals surface area contributed by atoms with E-state index in [0.717, 1.165) is 27.9 Å². The number of hydrogen-bond donors (Lipinski definition) is 2. The van der Waals surface area contributed by atoms with Gasteiger partial charge in [-0.25, -0.2) is 0 Å². The Kier molecular flexibility index (Phi) is 4.42. The Morgan fingerprint density at radius 3 is 2.88 bits per heavy atom. The van der Waals surface area contributed by atoms with Crippen LogP contribution in [0.3, 0.4) is 0 Å². The van der Waals surface area contributed by atoms with E-state index in [9.17, 15) is 0 Å². The second-order valence-electron chi connectivity index (χ2n) is 4.44. The van der Waals surface area contributed by atoms with Crippen molar-refractivity contribution in [3.05, 3.63) is 27.7 Å². The van der Waals surface area contributed by atoms with Crippen LogP contribution < -0.4 is 10.1 Å². The molecule has 0 bridgehead atoms. The van der Waals surface area contributed by atoms with Crippen molar-refractivity contribution in [2.45, 2.75) is 32.4 Å². The summed E-state index contributed by atoms with van der Waals surface area (Å²) >= 11 is 3.51. The van der Waals surface area contributed by atoms with Crippen molar-refractivity contribution in [2.75, 3.05) is 13.2 Å². The summed E-state index contributed by atoms with van der Waals surface area (Å²) in [6, 6.07) is 4.79. The van der Waals surface area contributed by atoms with Crippen LogP contribution in [0.25, 0.3) is 0 Å². The molecule has 1 aromatic rings. The number of ether oxygens (including phenoxy) is 1. The molecule has 1 aliphatic carbocycles. The lowest BCUT2D eigenvalue weighted by Gasteiger charge is -2.14. The van der Waals surface area contributed by atoms with Crippen LogP contribution in [0, 0.1) is 6.92 Å². The average molecular weight is 300 g/mol. The molecule has 4 heteroatoms. The van der Waals surface area contributed by atoms with Gasteiger partial charge in [0.25, 0.3) is 0 Å². The molecule has 0 amide bonds. The summed E-state index contributed by atoms with van der Waals surface area (Å²) in [6.07, 6.45) is 2.56. The Hall–Kier alpha value is -0.580. The summed E-state index contributed by atoms with van der Waals surface area (Å²) in [5, 5.41) is 12.3.